The maximum absolute atomic E-state index is 5.94. The van der Waals surface area contributed by atoms with Crippen molar-refractivity contribution in [1.29, 1.82) is 0 Å². The standard InChI is InChI=1S/C11H10BrN.2C11H10ClN.C10H8BrN.3C10H8ClN/c12-8-7-10-6-5-9-3-1-2-4-11(9)13-10;1-8(12)10-7-6-9-4-2-3-5-11(9)13-10;12-8-7-10-6-5-9-3-1-2-4-11(9)13-10;11-7-9-6-5-8-3-1-2-4-10(8)12-9;11-6-8-5-9-3-1-2-4-10(9)12-7-8;11-7-8-5-6-12-10-4-2-1-3-9(8)10;11-7-9-6-5-8-3-1-2-4-10(8)12-9/h1-6H,7-8H2;2-8H,1H3;1-6H,7-8H2;1-6H,7H2;1-5,7H,6H2;2*1-6H,7H2. The van der Waals surface area contributed by atoms with Crippen LogP contribution in [0.1, 0.15) is 51.9 Å². The molecule has 0 N–H and O–H groups in total. The van der Waals surface area contributed by atoms with Crippen molar-refractivity contribution in [3.8, 4) is 0 Å². The zero-order chi connectivity index (χ0) is 61.0. The second-order valence-corrected chi connectivity index (χ2v) is 22.7. The molecule has 0 fully saturated rings. The molecule has 0 radical (unpaired) electrons. The van der Waals surface area contributed by atoms with E-state index in [-0.39, 0.29) is 5.38 Å². The average molecular weight is 1370 g/mol. The van der Waals surface area contributed by atoms with Crippen molar-refractivity contribution >= 4 is 166 Å². The summed E-state index contributed by atoms with van der Waals surface area (Å²) in [5.41, 5.74) is 14.6. The molecule has 14 heteroatoms. The fourth-order valence-corrected chi connectivity index (χ4v) is 10.4. The van der Waals surface area contributed by atoms with E-state index >= 15 is 0 Å². The molecule has 7 aromatic carbocycles. The smallest absolute Gasteiger partial charge is 0.0729 e. The number of aromatic nitrogens is 7. The fourth-order valence-electron chi connectivity index (χ4n) is 8.82. The van der Waals surface area contributed by atoms with Crippen LogP contribution in [0.5, 0.6) is 0 Å². The van der Waals surface area contributed by atoms with Gasteiger partial charge in [-0.2, -0.15) is 0 Å². The van der Waals surface area contributed by atoms with Crippen LogP contribution in [0.25, 0.3) is 76.3 Å². The molecule has 0 aliphatic rings. The van der Waals surface area contributed by atoms with Crippen LogP contribution >= 0.6 is 89.9 Å². The van der Waals surface area contributed by atoms with E-state index < -0.39 is 0 Å². The van der Waals surface area contributed by atoms with Gasteiger partial charge in [-0.15, -0.1) is 58.0 Å². The zero-order valence-corrected chi connectivity index (χ0v) is 54.7. The molecule has 0 amide bonds. The summed E-state index contributed by atoms with van der Waals surface area (Å²) < 4.78 is 0. The number of para-hydroxylation sites is 7. The number of alkyl halides is 7. The molecule has 0 saturated carbocycles. The number of halogens is 7. The van der Waals surface area contributed by atoms with Crippen LogP contribution in [0.3, 0.4) is 0 Å². The van der Waals surface area contributed by atoms with Crippen LogP contribution in [0, 0.1) is 0 Å². The molecule has 0 aliphatic carbocycles. The highest BCUT2D eigenvalue weighted by molar-refractivity contribution is 9.09. The van der Waals surface area contributed by atoms with Gasteiger partial charge in [0.1, 0.15) is 0 Å². The Hall–Kier alpha value is -7.18. The van der Waals surface area contributed by atoms with Gasteiger partial charge in [-0.25, -0.2) is 0 Å². The summed E-state index contributed by atoms with van der Waals surface area (Å²) >= 11 is 35.5. The van der Waals surface area contributed by atoms with Gasteiger partial charge in [-0.3, -0.25) is 34.9 Å². The highest BCUT2D eigenvalue weighted by atomic mass is 79.9. The van der Waals surface area contributed by atoms with E-state index in [0.717, 1.165) is 123 Å². The number of hydrogen-bond donors (Lipinski definition) is 0. The van der Waals surface area contributed by atoms with Crippen molar-refractivity contribution in [3.63, 3.8) is 0 Å². The Bertz CT molecular complexity index is 4140. The molecule has 0 spiro atoms. The Kier molecular flexibility index (Phi) is 26.9. The minimum atomic E-state index is -0.0235. The fraction of sp³-hybridized carbons (Fsp3) is 0.137. The van der Waals surface area contributed by atoms with Crippen molar-refractivity contribution in [1.82, 2.24) is 34.9 Å². The lowest BCUT2D eigenvalue weighted by molar-refractivity contribution is 1.01. The largest absolute Gasteiger partial charge is 0.256 e. The number of aryl methyl sites for hydroxylation is 2. The first-order valence-electron chi connectivity index (χ1n) is 28.1. The minimum absolute atomic E-state index is 0.0235. The van der Waals surface area contributed by atoms with Gasteiger partial charge in [0.05, 0.1) is 67.0 Å². The van der Waals surface area contributed by atoms with Gasteiger partial charge in [0.25, 0.3) is 0 Å². The van der Waals surface area contributed by atoms with Crippen LogP contribution in [-0.2, 0) is 35.8 Å². The topological polar surface area (TPSA) is 90.2 Å². The Labute approximate surface area is 550 Å². The van der Waals surface area contributed by atoms with Crippen LogP contribution in [0.2, 0.25) is 0 Å². The van der Waals surface area contributed by atoms with Crippen molar-refractivity contribution in [2.24, 2.45) is 0 Å². The minimum Gasteiger partial charge on any atom is -0.256 e. The molecule has 438 valence electrons. The normalized spacial score (nSPS) is 10.9. The molecule has 87 heavy (non-hydrogen) atoms. The molecular weight excluding hydrogens is 1310 g/mol. The SMILES string of the molecule is BrCCc1ccc2ccccc2n1.BrCc1ccc2ccccc2n1.CC(Cl)c1ccc2ccccc2n1.ClCCc1ccc2ccccc2n1.ClCc1ccc2ccccc2n1.ClCc1ccnc2ccccc12.ClCc1cnc2ccccc2c1. The first-order chi connectivity index (χ1) is 42.7. The second kappa shape index (κ2) is 35.6. The number of fused-ring (bicyclic) bond motifs is 7. The number of pyridine rings is 7. The van der Waals surface area contributed by atoms with Crippen LogP contribution in [-0.4, -0.2) is 46.1 Å². The molecule has 7 nitrogen and oxygen atoms in total. The van der Waals surface area contributed by atoms with Crippen molar-refractivity contribution in [3.05, 3.63) is 295 Å². The predicted octanol–water partition coefficient (Wildman–Crippen LogP) is 21.8. The van der Waals surface area contributed by atoms with Gasteiger partial charge >= 0.3 is 0 Å². The quantitative estimate of drug-likeness (QED) is 0.133. The Morgan fingerprint density at radius 1 is 0.368 bits per heavy atom. The number of benzene rings is 7. The zero-order valence-electron chi connectivity index (χ0n) is 47.8. The van der Waals surface area contributed by atoms with Gasteiger partial charge in [0.2, 0.25) is 0 Å². The predicted molar refractivity (Wildman–Crippen MR) is 380 cm³/mol. The number of rotatable bonds is 9. The van der Waals surface area contributed by atoms with Gasteiger partial charge in [0, 0.05) is 96.2 Å². The summed E-state index contributed by atoms with van der Waals surface area (Å²) in [5, 5.41) is 9.96. The Balaban J connectivity index is 0.000000132. The first kappa shape index (κ1) is 65.8. The number of hydrogen-bond acceptors (Lipinski definition) is 7. The lowest BCUT2D eigenvalue weighted by atomic mass is 10.1. The summed E-state index contributed by atoms with van der Waals surface area (Å²) in [6.45, 7) is 1.93. The summed E-state index contributed by atoms with van der Waals surface area (Å²) in [4.78, 5) is 30.8. The van der Waals surface area contributed by atoms with Gasteiger partial charge < -0.3 is 0 Å². The van der Waals surface area contributed by atoms with E-state index in [2.05, 4.69) is 121 Å². The molecule has 1 atom stereocenters. The lowest BCUT2D eigenvalue weighted by Gasteiger charge is -2.03. The van der Waals surface area contributed by atoms with E-state index in [1.54, 1.807) is 6.20 Å². The molecule has 14 rings (SSSR count). The van der Waals surface area contributed by atoms with Crippen LogP contribution in [0.15, 0.2) is 255 Å². The third-order valence-electron chi connectivity index (χ3n) is 13.3. The first-order valence-corrected chi connectivity index (χ1v) is 32.9. The highest BCUT2D eigenvalue weighted by Gasteiger charge is 2.04. The molecule has 1 unspecified atom stereocenters. The van der Waals surface area contributed by atoms with Crippen molar-refractivity contribution < 1.29 is 0 Å². The summed E-state index contributed by atoms with van der Waals surface area (Å²) in [6, 6.07) is 81.0. The summed E-state index contributed by atoms with van der Waals surface area (Å²) in [6.07, 6.45) is 5.44. The molecule has 7 aromatic heterocycles. The monoisotopic (exact) mass is 1370 g/mol. The number of nitrogens with zero attached hydrogens (tertiary/aromatic N) is 7. The highest BCUT2D eigenvalue weighted by Crippen LogP contribution is 2.22. The van der Waals surface area contributed by atoms with E-state index in [1.807, 2.05) is 201 Å². The third-order valence-corrected chi connectivity index (χ3v) is 15.6. The maximum atomic E-state index is 5.94. The Morgan fingerprint density at radius 2 is 0.782 bits per heavy atom. The van der Waals surface area contributed by atoms with Gasteiger partial charge in [0.15, 0.2) is 0 Å². The van der Waals surface area contributed by atoms with Crippen LogP contribution in [0.4, 0.5) is 0 Å². The molecule has 0 saturated heterocycles. The molecule has 14 aromatic rings. The maximum Gasteiger partial charge on any atom is 0.0729 e. The summed E-state index contributed by atoms with van der Waals surface area (Å²) in [5.74, 6) is 2.18. The molecular formula is C73H62Br2Cl5N7. The van der Waals surface area contributed by atoms with E-state index in [0.29, 0.717) is 23.5 Å². The third kappa shape index (κ3) is 20.2. The van der Waals surface area contributed by atoms with Gasteiger partial charge in [-0.1, -0.05) is 190 Å². The van der Waals surface area contributed by atoms with Crippen molar-refractivity contribution in [2.75, 3.05) is 11.2 Å². The van der Waals surface area contributed by atoms with Crippen LogP contribution < -0.4 is 0 Å². The van der Waals surface area contributed by atoms with E-state index in [9.17, 15) is 0 Å². The van der Waals surface area contributed by atoms with E-state index in [4.69, 9.17) is 58.0 Å². The second-order valence-electron chi connectivity index (χ2n) is 19.5. The summed E-state index contributed by atoms with van der Waals surface area (Å²) in [7, 11) is 0. The van der Waals surface area contributed by atoms with Crippen molar-refractivity contribution in [2.45, 2.75) is 48.1 Å². The lowest BCUT2D eigenvalue weighted by Crippen LogP contribution is -1.90. The van der Waals surface area contributed by atoms with E-state index in [1.165, 1.54) is 16.2 Å². The average Bonchev–Trinajstić information content (AvgIpc) is 3.72. The molecule has 0 bridgehead atoms. The van der Waals surface area contributed by atoms with Gasteiger partial charge in [-0.05, 0) is 109 Å². The Morgan fingerprint density at radius 3 is 1.25 bits per heavy atom. The molecule has 7 heterocycles. The molecule has 0 aliphatic heterocycles.